The zero-order chi connectivity index (χ0) is 11.7. The van der Waals surface area contributed by atoms with Crippen molar-refractivity contribution in [2.75, 3.05) is 6.54 Å². The van der Waals surface area contributed by atoms with Gasteiger partial charge in [-0.1, -0.05) is 25.7 Å². The number of likely N-dealkylation sites (tertiary alicyclic amines) is 1. The highest BCUT2D eigenvalue weighted by molar-refractivity contribution is 5.79. The Morgan fingerprint density at radius 2 is 1.59 bits per heavy atom. The molecular formula is C15H25NO. The van der Waals surface area contributed by atoms with E-state index in [1.54, 1.807) is 0 Å². The number of carbonyl (C=O) groups excluding carboxylic acids is 1. The summed E-state index contributed by atoms with van der Waals surface area (Å²) in [6, 6.07) is 0.623. The Morgan fingerprint density at radius 1 is 0.824 bits per heavy atom. The summed E-state index contributed by atoms with van der Waals surface area (Å²) in [7, 11) is 0. The molecule has 0 N–H and O–H groups in total. The van der Waals surface area contributed by atoms with Crippen LogP contribution in [0.1, 0.15) is 64.2 Å². The van der Waals surface area contributed by atoms with E-state index in [2.05, 4.69) is 4.90 Å². The zero-order valence-electron chi connectivity index (χ0n) is 10.9. The highest BCUT2D eigenvalue weighted by Crippen LogP contribution is 2.38. The average Bonchev–Trinajstić information content (AvgIpc) is 2.76. The van der Waals surface area contributed by atoms with Gasteiger partial charge in [-0.05, 0) is 44.4 Å². The van der Waals surface area contributed by atoms with Crippen molar-refractivity contribution in [2.45, 2.75) is 70.3 Å². The first-order valence-electron chi connectivity index (χ1n) is 7.67. The SMILES string of the molecule is O=C(C1CCCCC1)N1CCCC1C1CCC1. The van der Waals surface area contributed by atoms with E-state index in [1.165, 1.54) is 51.4 Å². The smallest absolute Gasteiger partial charge is 0.225 e. The number of hydrogen-bond acceptors (Lipinski definition) is 1. The van der Waals surface area contributed by atoms with Crippen LogP contribution in [0.4, 0.5) is 0 Å². The summed E-state index contributed by atoms with van der Waals surface area (Å²) in [5, 5.41) is 0. The summed E-state index contributed by atoms with van der Waals surface area (Å²) < 4.78 is 0. The quantitative estimate of drug-likeness (QED) is 0.718. The Bertz CT molecular complexity index is 279. The molecule has 0 bridgehead atoms. The first kappa shape index (κ1) is 11.6. The van der Waals surface area contributed by atoms with E-state index < -0.39 is 0 Å². The molecule has 1 amide bonds. The van der Waals surface area contributed by atoms with Crippen LogP contribution in [0.3, 0.4) is 0 Å². The molecule has 2 saturated carbocycles. The largest absolute Gasteiger partial charge is 0.339 e. The summed E-state index contributed by atoms with van der Waals surface area (Å²) in [4.78, 5) is 14.9. The van der Waals surface area contributed by atoms with Gasteiger partial charge in [0.05, 0.1) is 0 Å². The minimum Gasteiger partial charge on any atom is -0.339 e. The number of rotatable bonds is 2. The van der Waals surface area contributed by atoms with E-state index in [1.807, 2.05) is 0 Å². The maximum Gasteiger partial charge on any atom is 0.225 e. The molecule has 17 heavy (non-hydrogen) atoms. The molecule has 96 valence electrons. The molecule has 3 aliphatic rings. The highest BCUT2D eigenvalue weighted by Gasteiger charge is 2.39. The summed E-state index contributed by atoms with van der Waals surface area (Å²) >= 11 is 0. The van der Waals surface area contributed by atoms with Crippen molar-refractivity contribution < 1.29 is 4.79 Å². The molecule has 3 rings (SSSR count). The Balaban J connectivity index is 1.62. The molecule has 0 aromatic rings. The van der Waals surface area contributed by atoms with Crippen LogP contribution in [0.25, 0.3) is 0 Å². The maximum atomic E-state index is 12.6. The summed E-state index contributed by atoms with van der Waals surface area (Å²) in [5.41, 5.74) is 0. The third kappa shape index (κ3) is 2.23. The van der Waals surface area contributed by atoms with Gasteiger partial charge >= 0.3 is 0 Å². The number of nitrogens with zero attached hydrogens (tertiary/aromatic N) is 1. The van der Waals surface area contributed by atoms with Crippen LogP contribution in [-0.2, 0) is 4.79 Å². The monoisotopic (exact) mass is 235 g/mol. The molecule has 2 heteroatoms. The minimum atomic E-state index is 0.379. The molecule has 1 unspecified atom stereocenters. The van der Waals surface area contributed by atoms with Gasteiger partial charge in [-0.2, -0.15) is 0 Å². The lowest BCUT2D eigenvalue weighted by atomic mass is 9.78. The molecule has 0 spiro atoms. The Labute approximate surface area is 105 Å². The summed E-state index contributed by atoms with van der Waals surface area (Å²) in [6.07, 6.45) is 12.9. The van der Waals surface area contributed by atoms with Gasteiger partial charge in [0.2, 0.25) is 5.91 Å². The fourth-order valence-electron chi connectivity index (χ4n) is 3.96. The standard InChI is InChI=1S/C15H25NO/c17-15(13-6-2-1-3-7-13)16-11-5-10-14(16)12-8-4-9-12/h12-14H,1-11H2. The van der Waals surface area contributed by atoms with E-state index in [0.29, 0.717) is 17.9 Å². The van der Waals surface area contributed by atoms with Gasteiger partial charge in [-0.25, -0.2) is 0 Å². The van der Waals surface area contributed by atoms with E-state index in [4.69, 9.17) is 0 Å². The lowest BCUT2D eigenvalue weighted by Crippen LogP contribution is -2.45. The van der Waals surface area contributed by atoms with Crippen molar-refractivity contribution in [3.63, 3.8) is 0 Å². The van der Waals surface area contributed by atoms with Crippen molar-refractivity contribution in [3.05, 3.63) is 0 Å². The average molecular weight is 235 g/mol. The molecule has 2 aliphatic carbocycles. The second-order valence-electron chi connectivity index (χ2n) is 6.27. The molecule has 2 nitrogen and oxygen atoms in total. The van der Waals surface area contributed by atoms with Crippen molar-refractivity contribution >= 4 is 5.91 Å². The van der Waals surface area contributed by atoms with Crippen LogP contribution < -0.4 is 0 Å². The lowest BCUT2D eigenvalue weighted by Gasteiger charge is -2.38. The van der Waals surface area contributed by atoms with Crippen LogP contribution in [-0.4, -0.2) is 23.4 Å². The Morgan fingerprint density at radius 3 is 2.24 bits per heavy atom. The highest BCUT2D eigenvalue weighted by atomic mass is 16.2. The van der Waals surface area contributed by atoms with Gasteiger partial charge in [0.15, 0.2) is 0 Å². The third-order valence-electron chi connectivity index (χ3n) is 5.23. The van der Waals surface area contributed by atoms with E-state index in [0.717, 1.165) is 25.3 Å². The molecule has 0 aromatic carbocycles. The number of carbonyl (C=O) groups is 1. The van der Waals surface area contributed by atoms with E-state index >= 15 is 0 Å². The Kier molecular flexibility index (Phi) is 3.39. The van der Waals surface area contributed by atoms with Crippen molar-refractivity contribution in [3.8, 4) is 0 Å². The molecule has 3 fully saturated rings. The van der Waals surface area contributed by atoms with Crippen molar-refractivity contribution in [1.82, 2.24) is 4.90 Å². The van der Waals surface area contributed by atoms with Gasteiger partial charge in [-0.15, -0.1) is 0 Å². The second kappa shape index (κ2) is 4.99. The first-order valence-corrected chi connectivity index (χ1v) is 7.67. The fourth-order valence-corrected chi connectivity index (χ4v) is 3.96. The van der Waals surface area contributed by atoms with Crippen LogP contribution in [0, 0.1) is 11.8 Å². The van der Waals surface area contributed by atoms with Crippen LogP contribution in [0.5, 0.6) is 0 Å². The molecule has 1 atom stereocenters. The molecule has 1 saturated heterocycles. The van der Waals surface area contributed by atoms with Crippen LogP contribution in [0.15, 0.2) is 0 Å². The first-order chi connectivity index (χ1) is 8.36. The van der Waals surface area contributed by atoms with Gasteiger partial charge in [-0.3, -0.25) is 4.79 Å². The topological polar surface area (TPSA) is 20.3 Å². The van der Waals surface area contributed by atoms with Crippen LogP contribution in [0.2, 0.25) is 0 Å². The van der Waals surface area contributed by atoms with Gasteiger partial charge in [0.1, 0.15) is 0 Å². The second-order valence-corrected chi connectivity index (χ2v) is 6.27. The van der Waals surface area contributed by atoms with Crippen molar-refractivity contribution in [1.29, 1.82) is 0 Å². The predicted octanol–water partition coefficient (Wildman–Crippen LogP) is 3.36. The summed E-state index contributed by atoms with van der Waals surface area (Å²) in [6.45, 7) is 1.05. The number of hydrogen-bond donors (Lipinski definition) is 0. The molecule has 1 heterocycles. The molecular weight excluding hydrogens is 210 g/mol. The van der Waals surface area contributed by atoms with Crippen LogP contribution >= 0.6 is 0 Å². The van der Waals surface area contributed by atoms with E-state index in [-0.39, 0.29) is 0 Å². The number of amides is 1. The lowest BCUT2D eigenvalue weighted by molar-refractivity contribution is -0.139. The maximum absolute atomic E-state index is 12.6. The van der Waals surface area contributed by atoms with E-state index in [9.17, 15) is 4.79 Å². The fraction of sp³-hybridized carbons (Fsp3) is 0.933. The minimum absolute atomic E-state index is 0.379. The van der Waals surface area contributed by atoms with Gasteiger partial charge in [0.25, 0.3) is 0 Å². The molecule has 0 radical (unpaired) electrons. The Hall–Kier alpha value is -0.530. The third-order valence-corrected chi connectivity index (χ3v) is 5.23. The normalized spacial score (nSPS) is 31.5. The van der Waals surface area contributed by atoms with Gasteiger partial charge < -0.3 is 4.90 Å². The molecule has 0 aromatic heterocycles. The van der Waals surface area contributed by atoms with Gasteiger partial charge in [0, 0.05) is 18.5 Å². The molecule has 1 aliphatic heterocycles. The zero-order valence-corrected chi connectivity index (χ0v) is 10.9. The van der Waals surface area contributed by atoms with Crippen molar-refractivity contribution in [2.24, 2.45) is 11.8 Å². The predicted molar refractivity (Wildman–Crippen MR) is 68.7 cm³/mol. The summed E-state index contributed by atoms with van der Waals surface area (Å²) in [5.74, 6) is 1.74.